The maximum absolute atomic E-state index is 10.0. The molecule has 312 valence electrons. The molecule has 4 N–H and O–H groups in total. The highest BCUT2D eigenvalue weighted by atomic mass is 16.5. The van der Waals surface area contributed by atoms with Crippen molar-refractivity contribution in [1.29, 1.82) is 15.8 Å². The highest BCUT2D eigenvalue weighted by Crippen LogP contribution is 2.27. The molecule has 0 aromatic heterocycles. The van der Waals surface area contributed by atoms with E-state index in [1.165, 1.54) is 62.8 Å². The third kappa shape index (κ3) is 18.8. The Morgan fingerprint density at radius 3 is 1.35 bits per heavy atom. The fourth-order valence-electron chi connectivity index (χ4n) is 5.01. The van der Waals surface area contributed by atoms with Crippen LogP contribution in [0.4, 0.5) is 45.5 Å². The van der Waals surface area contributed by atoms with Crippen molar-refractivity contribution in [2.45, 2.75) is 65.2 Å². The molecule has 14 nitrogen and oxygen atoms in total. The first kappa shape index (κ1) is 49.6. The number of anilines is 2. The summed E-state index contributed by atoms with van der Waals surface area (Å²) in [5, 5.41) is 37.0. The van der Waals surface area contributed by atoms with Crippen LogP contribution in [-0.4, -0.2) is 13.2 Å². The second-order valence-corrected chi connectivity index (χ2v) is 13.0. The summed E-state index contributed by atoms with van der Waals surface area (Å²) in [5.74, 6) is 1.74. The highest BCUT2D eigenvalue weighted by Gasteiger charge is 2.04. The maximum atomic E-state index is 10.0. The Bertz CT molecular complexity index is 2460. The molecular formula is C48H47N11O3. The predicted molar refractivity (Wildman–Crippen MR) is 243 cm³/mol. The summed E-state index contributed by atoms with van der Waals surface area (Å²) in [6, 6.07) is 34.2. The minimum atomic E-state index is 0.166. The SMILES string of the molecule is CCCCCCOc1ccc(N)cc1.[C-]#[N+]c1ccc(N)cc1C#N.[C-]#[N+]c1ccc(N=Nc2ccc(OCCCCCC)cc2)cc1C#N.[C-]#[N+]c1ccc(N=O)cc1C#N. The van der Waals surface area contributed by atoms with E-state index in [1.807, 2.05) is 66.7 Å². The van der Waals surface area contributed by atoms with Crippen molar-refractivity contribution in [2.75, 3.05) is 24.7 Å². The average Bonchev–Trinajstić information content (AvgIpc) is 3.31. The first-order valence-electron chi connectivity index (χ1n) is 19.6. The van der Waals surface area contributed by atoms with E-state index in [9.17, 15) is 4.91 Å². The zero-order chi connectivity index (χ0) is 45.4. The lowest BCUT2D eigenvalue weighted by molar-refractivity contribution is 0.305. The smallest absolute Gasteiger partial charge is 0.204 e. The van der Waals surface area contributed by atoms with Crippen LogP contribution in [0.15, 0.2) is 119 Å². The summed E-state index contributed by atoms with van der Waals surface area (Å²) in [4.78, 5) is 19.6. The maximum Gasteiger partial charge on any atom is 0.204 e. The zero-order valence-corrected chi connectivity index (χ0v) is 34.8. The number of nitrogens with two attached hydrogens (primary N) is 2. The molecule has 0 bridgehead atoms. The molecule has 0 atom stereocenters. The van der Waals surface area contributed by atoms with Gasteiger partial charge >= 0.3 is 0 Å². The molecule has 62 heavy (non-hydrogen) atoms. The number of nitroso groups, excluding NO2 is 1. The second-order valence-electron chi connectivity index (χ2n) is 13.0. The molecule has 0 amide bonds. The number of azo groups is 1. The van der Waals surface area contributed by atoms with Gasteiger partial charge in [-0.25, -0.2) is 14.5 Å². The number of nitriles is 3. The standard InChI is InChI=1S/C20H20N4O.C12H19NO.C8H3N3O.C8H5N3/c1-3-4-5-6-13-25-19-10-7-17(8-11-19)23-24-18-9-12-20(22-2)16(14-18)15-21;1-2-3-4-5-10-14-12-8-6-11(13)7-9-12;1-10-8-3-2-7(11-12)4-6(8)5-9;1-11-8-3-2-7(10)4-6(8)5-9/h7-12,14H,3-6,13H2,1H3;6-9H,2-5,10,13H2,1H3;2-4H;2-4H,10H2. The summed E-state index contributed by atoms with van der Waals surface area (Å²) in [7, 11) is 0. The molecule has 0 fully saturated rings. The van der Waals surface area contributed by atoms with Gasteiger partial charge in [0.25, 0.3) is 0 Å². The summed E-state index contributed by atoms with van der Waals surface area (Å²) >= 11 is 0. The summed E-state index contributed by atoms with van der Waals surface area (Å²) in [6.07, 6.45) is 9.68. The molecule has 0 saturated heterocycles. The third-order valence-electron chi connectivity index (χ3n) is 8.34. The minimum Gasteiger partial charge on any atom is -0.494 e. The number of hydrogen-bond acceptors (Lipinski definition) is 11. The quantitative estimate of drug-likeness (QED) is 0.0340. The van der Waals surface area contributed by atoms with E-state index in [1.54, 1.807) is 30.3 Å². The lowest BCUT2D eigenvalue weighted by Crippen LogP contribution is -1.97. The Morgan fingerprint density at radius 1 is 0.516 bits per heavy atom. The molecule has 0 aliphatic heterocycles. The first-order chi connectivity index (χ1) is 30.2. The third-order valence-corrected chi connectivity index (χ3v) is 8.34. The minimum absolute atomic E-state index is 0.166. The molecule has 14 heteroatoms. The highest BCUT2D eigenvalue weighted by molar-refractivity contribution is 5.65. The fourth-order valence-corrected chi connectivity index (χ4v) is 5.01. The van der Waals surface area contributed by atoms with Crippen LogP contribution in [0.5, 0.6) is 11.5 Å². The van der Waals surface area contributed by atoms with Crippen LogP contribution in [0, 0.1) is 58.6 Å². The topological polar surface area (TPSA) is 209 Å². The van der Waals surface area contributed by atoms with Crippen LogP contribution in [0.3, 0.4) is 0 Å². The van der Waals surface area contributed by atoms with Crippen LogP contribution in [0.2, 0.25) is 0 Å². The number of benzene rings is 5. The molecule has 0 spiro atoms. The van der Waals surface area contributed by atoms with Gasteiger partial charge in [0, 0.05) is 11.4 Å². The van der Waals surface area contributed by atoms with Gasteiger partial charge < -0.3 is 20.9 Å². The van der Waals surface area contributed by atoms with Crippen molar-refractivity contribution < 1.29 is 9.47 Å². The zero-order valence-electron chi connectivity index (χ0n) is 34.8. The molecule has 0 unspecified atom stereocenters. The van der Waals surface area contributed by atoms with Gasteiger partial charge in [0.05, 0.1) is 79.2 Å². The van der Waals surface area contributed by atoms with Gasteiger partial charge in [0.2, 0.25) is 17.1 Å². The van der Waals surface area contributed by atoms with Crippen molar-refractivity contribution in [2.24, 2.45) is 15.4 Å². The van der Waals surface area contributed by atoms with E-state index in [0.29, 0.717) is 39.6 Å². The van der Waals surface area contributed by atoms with Gasteiger partial charge in [0.15, 0.2) is 0 Å². The molecule has 5 rings (SSSR count). The van der Waals surface area contributed by atoms with E-state index in [2.05, 4.69) is 43.8 Å². The number of hydrogen-bond donors (Lipinski definition) is 2. The van der Waals surface area contributed by atoms with Crippen molar-refractivity contribution >= 4 is 45.5 Å². The van der Waals surface area contributed by atoms with E-state index in [-0.39, 0.29) is 16.9 Å². The summed E-state index contributed by atoms with van der Waals surface area (Å²) < 4.78 is 11.2. The van der Waals surface area contributed by atoms with Crippen LogP contribution >= 0.6 is 0 Å². The Hall–Kier alpha value is -8.56. The fraction of sp³-hybridized carbons (Fsp3) is 0.250. The van der Waals surface area contributed by atoms with E-state index in [0.717, 1.165) is 43.2 Å². The Kier molecular flexibility index (Phi) is 23.7. The van der Waals surface area contributed by atoms with Gasteiger partial charge in [-0.15, -0.1) is 4.91 Å². The lowest BCUT2D eigenvalue weighted by Gasteiger charge is -2.05. The van der Waals surface area contributed by atoms with Crippen LogP contribution in [0.1, 0.15) is 81.9 Å². The average molecular weight is 826 g/mol. The first-order valence-corrected chi connectivity index (χ1v) is 19.6. The lowest BCUT2D eigenvalue weighted by atomic mass is 10.2. The van der Waals surface area contributed by atoms with Crippen molar-refractivity contribution in [3.8, 4) is 29.7 Å². The molecule has 5 aromatic rings. The van der Waals surface area contributed by atoms with E-state index >= 15 is 0 Å². The predicted octanol–water partition coefficient (Wildman–Crippen LogP) is 13.9. The van der Waals surface area contributed by atoms with Crippen LogP contribution in [-0.2, 0) is 0 Å². The number of unbranched alkanes of at least 4 members (excludes halogenated alkanes) is 6. The molecule has 5 aromatic carbocycles. The Labute approximate surface area is 363 Å². The molecule has 0 radical (unpaired) electrons. The van der Waals surface area contributed by atoms with Gasteiger partial charge in [-0.1, -0.05) is 70.6 Å². The van der Waals surface area contributed by atoms with Crippen LogP contribution in [0.25, 0.3) is 14.5 Å². The van der Waals surface area contributed by atoms with Gasteiger partial charge in [-0.05, 0) is 103 Å². The summed E-state index contributed by atoms with van der Waals surface area (Å²) in [5.41, 5.74) is 15.4. The largest absolute Gasteiger partial charge is 0.494 e. The second kappa shape index (κ2) is 29.6. The van der Waals surface area contributed by atoms with Gasteiger partial charge in [-0.2, -0.15) is 26.0 Å². The van der Waals surface area contributed by atoms with Crippen molar-refractivity contribution in [1.82, 2.24) is 0 Å². The molecule has 0 aliphatic carbocycles. The van der Waals surface area contributed by atoms with Gasteiger partial charge in [0.1, 0.15) is 17.2 Å². The normalized spacial score (nSPS) is 9.48. The van der Waals surface area contributed by atoms with E-state index < -0.39 is 0 Å². The number of ether oxygens (including phenoxy) is 2. The molecular weight excluding hydrogens is 779 g/mol. The van der Waals surface area contributed by atoms with E-state index in [4.69, 9.17) is 56.4 Å². The molecule has 0 aliphatic rings. The number of rotatable bonds is 15. The molecule has 0 saturated carbocycles. The Morgan fingerprint density at radius 2 is 0.903 bits per heavy atom. The van der Waals surface area contributed by atoms with Crippen molar-refractivity contribution in [3.05, 3.63) is 159 Å². The number of nitrogens with zero attached hydrogens (tertiary/aromatic N) is 9. The van der Waals surface area contributed by atoms with Gasteiger partial charge in [-0.3, -0.25) is 0 Å². The van der Waals surface area contributed by atoms with Crippen LogP contribution < -0.4 is 20.9 Å². The Balaban J connectivity index is 0.000000305. The monoisotopic (exact) mass is 825 g/mol. The summed E-state index contributed by atoms with van der Waals surface area (Å²) in [6.45, 7) is 26.3. The molecule has 0 heterocycles. The number of nitrogen functional groups attached to an aromatic ring is 2. The van der Waals surface area contributed by atoms with Crippen molar-refractivity contribution in [3.63, 3.8) is 0 Å².